The summed E-state index contributed by atoms with van der Waals surface area (Å²) in [5.74, 6) is -0.252. The van der Waals surface area contributed by atoms with Crippen LogP contribution < -0.4 is 10.2 Å². The smallest absolute Gasteiger partial charge is 0.215 e. The Morgan fingerprint density at radius 3 is 2.61 bits per heavy atom. The van der Waals surface area contributed by atoms with E-state index in [9.17, 15) is 4.39 Å². The van der Waals surface area contributed by atoms with Crippen LogP contribution in [0.1, 0.15) is 31.4 Å². The zero-order valence-corrected chi connectivity index (χ0v) is 19.5. The number of hydrogen-bond donors (Lipinski definition) is 1. The van der Waals surface area contributed by atoms with Crippen molar-refractivity contribution < 1.29 is 4.39 Å². The number of imidazole rings is 1. The summed E-state index contributed by atoms with van der Waals surface area (Å²) in [4.78, 5) is 12.6. The number of nitrogens with zero attached hydrogens (tertiary/aromatic N) is 5. The number of aromatic nitrogens is 4. The minimum atomic E-state index is -0.252. The number of nitrogens with one attached hydrogen (secondary N) is 1. The third-order valence-corrected chi connectivity index (χ3v) is 8.11. The van der Waals surface area contributed by atoms with Gasteiger partial charge in [-0.25, -0.2) is 13.9 Å². The van der Waals surface area contributed by atoms with Crippen LogP contribution in [-0.2, 0) is 0 Å². The summed E-state index contributed by atoms with van der Waals surface area (Å²) in [6, 6.07) is 10.6. The average Bonchev–Trinajstić information content (AvgIpc) is 3.39. The first-order valence-corrected chi connectivity index (χ1v) is 12.5. The fourth-order valence-electron chi connectivity index (χ4n) is 5.26. The molecule has 2 fully saturated rings. The van der Waals surface area contributed by atoms with Gasteiger partial charge in [0.05, 0.1) is 0 Å². The van der Waals surface area contributed by atoms with Crippen molar-refractivity contribution in [1.29, 1.82) is 0 Å². The van der Waals surface area contributed by atoms with Crippen molar-refractivity contribution in [1.82, 2.24) is 24.9 Å². The molecular formula is C25H27FN6S. The Kier molecular flexibility index (Phi) is 5.14. The molecule has 0 aliphatic carbocycles. The lowest BCUT2D eigenvalue weighted by molar-refractivity contribution is 0.161. The molecule has 6 nitrogen and oxygen atoms in total. The van der Waals surface area contributed by atoms with E-state index in [1.807, 2.05) is 23.7 Å². The second-order valence-corrected chi connectivity index (χ2v) is 10.3. The highest BCUT2D eigenvalue weighted by Gasteiger charge is 2.36. The first kappa shape index (κ1) is 20.7. The van der Waals surface area contributed by atoms with Crippen LogP contribution in [0, 0.1) is 18.2 Å². The maximum atomic E-state index is 13.6. The lowest BCUT2D eigenvalue weighted by Crippen LogP contribution is -2.48. The maximum absolute atomic E-state index is 13.6. The Labute approximate surface area is 196 Å². The molecule has 0 saturated carbocycles. The van der Waals surface area contributed by atoms with E-state index in [0.29, 0.717) is 5.41 Å². The summed E-state index contributed by atoms with van der Waals surface area (Å²) in [5.41, 5.74) is 5.03. The Morgan fingerprint density at radius 1 is 1.06 bits per heavy atom. The topological polar surface area (TPSA) is 58.4 Å². The van der Waals surface area contributed by atoms with E-state index >= 15 is 0 Å². The summed E-state index contributed by atoms with van der Waals surface area (Å²) in [6.07, 6.45) is 6.85. The van der Waals surface area contributed by atoms with Gasteiger partial charge >= 0.3 is 0 Å². The number of hydrogen-bond acceptors (Lipinski definition) is 6. The molecule has 0 bridgehead atoms. The van der Waals surface area contributed by atoms with Crippen LogP contribution in [0.3, 0.4) is 0 Å². The van der Waals surface area contributed by atoms with Gasteiger partial charge in [0.1, 0.15) is 17.2 Å². The predicted molar refractivity (Wildman–Crippen MR) is 130 cm³/mol. The van der Waals surface area contributed by atoms with Crippen molar-refractivity contribution in [2.75, 3.05) is 31.1 Å². The number of aryl methyl sites for hydroxylation is 1. The fourth-order valence-corrected chi connectivity index (χ4v) is 6.21. The summed E-state index contributed by atoms with van der Waals surface area (Å²) >= 11 is 1.63. The molecule has 6 rings (SSSR count). The summed E-state index contributed by atoms with van der Waals surface area (Å²) in [5, 5.41) is 9.65. The first-order chi connectivity index (χ1) is 16.1. The van der Waals surface area contributed by atoms with Crippen molar-refractivity contribution in [2.24, 2.45) is 5.41 Å². The molecule has 1 spiro atoms. The van der Waals surface area contributed by atoms with Crippen LogP contribution in [0.4, 0.5) is 9.52 Å². The second kappa shape index (κ2) is 8.18. The molecule has 0 unspecified atom stereocenters. The van der Waals surface area contributed by atoms with E-state index in [0.717, 1.165) is 64.5 Å². The lowest BCUT2D eigenvalue weighted by atomic mass is 9.73. The minimum Gasteiger partial charge on any atom is -0.347 e. The number of pyridine rings is 1. The Hall–Kier alpha value is -2.84. The summed E-state index contributed by atoms with van der Waals surface area (Å²) in [7, 11) is 0. The molecule has 2 aliphatic rings. The van der Waals surface area contributed by atoms with Gasteiger partial charge in [-0.15, -0.1) is 5.10 Å². The van der Waals surface area contributed by atoms with Gasteiger partial charge in [-0.3, -0.25) is 4.98 Å². The van der Waals surface area contributed by atoms with Crippen LogP contribution in [-0.4, -0.2) is 45.8 Å². The standard InChI is InChI=1S/C25H27FN6S/c1-17-15-19(7-12-28-17)22-21(18-3-5-20(26)6-4-18)29-23-32(22)30-24(33-23)31-13-9-25(10-14-31)8-2-11-27-16-25/h3-7,12,15,27H,2,8-11,13-14,16H2,1H3. The number of halogens is 1. The second-order valence-electron chi connectivity index (χ2n) is 9.35. The van der Waals surface area contributed by atoms with Gasteiger partial charge < -0.3 is 10.2 Å². The molecule has 170 valence electrons. The number of benzene rings is 1. The van der Waals surface area contributed by atoms with Gasteiger partial charge in [0.15, 0.2) is 0 Å². The van der Waals surface area contributed by atoms with Gasteiger partial charge in [0.2, 0.25) is 10.1 Å². The Balaban J connectivity index is 1.38. The highest BCUT2D eigenvalue weighted by atomic mass is 32.1. The van der Waals surface area contributed by atoms with Gasteiger partial charge in [-0.1, -0.05) is 11.3 Å². The van der Waals surface area contributed by atoms with E-state index < -0.39 is 0 Å². The van der Waals surface area contributed by atoms with E-state index in [1.54, 1.807) is 23.5 Å². The molecule has 3 aromatic heterocycles. The van der Waals surface area contributed by atoms with E-state index in [2.05, 4.69) is 21.3 Å². The molecule has 2 aliphatic heterocycles. The van der Waals surface area contributed by atoms with E-state index in [4.69, 9.17) is 10.1 Å². The Morgan fingerprint density at radius 2 is 1.88 bits per heavy atom. The average molecular weight is 463 g/mol. The first-order valence-electron chi connectivity index (χ1n) is 11.6. The maximum Gasteiger partial charge on any atom is 0.215 e. The van der Waals surface area contributed by atoms with Gasteiger partial charge in [0, 0.05) is 42.7 Å². The number of rotatable bonds is 3. The minimum absolute atomic E-state index is 0.252. The largest absolute Gasteiger partial charge is 0.347 e. The fraction of sp³-hybridized carbons (Fsp3) is 0.400. The molecule has 4 aromatic rings. The SMILES string of the molecule is Cc1cc(-c2c(-c3ccc(F)cc3)nc3sc(N4CCC5(CCCNC5)CC4)nn23)ccn1. The number of piperidine rings is 2. The highest BCUT2D eigenvalue weighted by molar-refractivity contribution is 7.20. The van der Waals surface area contributed by atoms with Gasteiger partial charge in [-0.05, 0) is 81.0 Å². The molecule has 5 heterocycles. The third-order valence-electron chi connectivity index (χ3n) is 7.14. The van der Waals surface area contributed by atoms with E-state index in [-0.39, 0.29) is 5.82 Å². The van der Waals surface area contributed by atoms with Crippen molar-refractivity contribution in [3.8, 4) is 22.5 Å². The van der Waals surface area contributed by atoms with Gasteiger partial charge in [0.25, 0.3) is 0 Å². The van der Waals surface area contributed by atoms with Crippen LogP contribution in [0.5, 0.6) is 0 Å². The molecular weight excluding hydrogens is 435 g/mol. The quantitative estimate of drug-likeness (QED) is 0.468. The molecule has 0 atom stereocenters. The molecule has 0 amide bonds. The zero-order valence-electron chi connectivity index (χ0n) is 18.7. The highest BCUT2D eigenvalue weighted by Crippen LogP contribution is 2.41. The van der Waals surface area contributed by atoms with Crippen LogP contribution in [0.2, 0.25) is 0 Å². The van der Waals surface area contributed by atoms with Crippen molar-refractivity contribution in [3.63, 3.8) is 0 Å². The van der Waals surface area contributed by atoms with Crippen LogP contribution in [0.15, 0.2) is 42.6 Å². The number of anilines is 1. The van der Waals surface area contributed by atoms with Crippen LogP contribution >= 0.6 is 11.3 Å². The lowest BCUT2D eigenvalue weighted by Gasteiger charge is -2.44. The van der Waals surface area contributed by atoms with Crippen molar-refractivity contribution >= 4 is 21.4 Å². The molecule has 1 aromatic carbocycles. The Bertz CT molecular complexity index is 1280. The zero-order chi connectivity index (χ0) is 22.4. The number of fused-ring (bicyclic) bond motifs is 1. The van der Waals surface area contributed by atoms with E-state index in [1.165, 1.54) is 37.8 Å². The molecule has 2 saturated heterocycles. The normalized spacial score (nSPS) is 18.3. The summed E-state index contributed by atoms with van der Waals surface area (Å²) < 4.78 is 15.5. The molecule has 0 radical (unpaired) electrons. The molecule has 33 heavy (non-hydrogen) atoms. The van der Waals surface area contributed by atoms with Crippen molar-refractivity contribution in [2.45, 2.75) is 32.6 Å². The van der Waals surface area contributed by atoms with Crippen LogP contribution in [0.25, 0.3) is 27.5 Å². The third kappa shape index (κ3) is 3.81. The molecule has 1 N–H and O–H groups in total. The predicted octanol–water partition coefficient (Wildman–Crippen LogP) is 4.94. The molecule has 8 heteroatoms. The summed E-state index contributed by atoms with van der Waals surface area (Å²) in [6.45, 7) is 6.35. The van der Waals surface area contributed by atoms with Gasteiger partial charge in [-0.2, -0.15) is 0 Å². The monoisotopic (exact) mass is 462 g/mol. The van der Waals surface area contributed by atoms with Crippen molar-refractivity contribution in [3.05, 3.63) is 54.1 Å².